The van der Waals surface area contributed by atoms with Crippen LogP contribution in [0.15, 0.2) is 0 Å². The summed E-state index contributed by atoms with van der Waals surface area (Å²) < 4.78 is 9.35. The molecule has 0 aromatic heterocycles. The zero-order chi connectivity index (χ0) is 17.3. The maximum absolute atomic E-state index is 11.1. The Bertz CT molecular complexity index is 355. The third kappa shape index (κ3) is 14.0. The van der Waals surface area contributed by atoms with Crippen molar-refractivity contribution in [2.45, 2.75) is 48.5 Å². The molecule has 0 spiro atoms. The van der Waals surface area contributed by atoms with E-state index in [2.05, 4.69) is 4.74 Å². The molecule has 0 aromatic rings. The van der Waals surface area contributed by atoms with Crippen LogP contribution in [0.25, 0.3) is 0 Å². The second-order valence-corrected chi connectivity index (χ2v) is 7.54. The van der Waals surface area contributed by atoms with Gasteiger partial charge in [-0.3, -0.25) is 14.4 Å². The zero-order valence-electron chi connectivity index (χ0n) is 13.7. The summed E-state index contributed by atoms with van der Waals surface area (Å²) in [6, 6.07) is -0.0594. The molecule has 0 amide bonds. The maximum atomic E-state index is 11.1. The van der Waals surface area contributed by atoms with Gasteiger partial charge in [0, 0.05) is 6.92 Å². The lowest BCUT2D eigenvalue weighted by molar-refractivity contribution is -0.151. The van der Waals surface area contributed by atoms with Gasteiger partial charge in [-0.2, -0.15) is 0 Å². The molecule has 0 saturated carbocycles. The SMILES string of the molecule is CC(=O)SCOC(=O)C(C)(C)C.CC(C)(C)C(=O)OCCl. The van der Waals surface area contributed by atoms with Crippen LogP contribution in [0.2, 0.25) is 0 Å². The van der Waals surface area contributed by atoms with Gasteiger partial charge in [0.05, 0.1) is 10.8 Å². The molecule has 0 unspecified atom stereocenters. The highest BCUT2D eigenvalue weighted by Gasteiger charge is 2.23. The van der Waals surface area contributed by atoms with Crippen LogP contribution in [0.4, 0.5) is 0 Å². The number of carbonyl (C=O) groups excluding carboxylic acids is 3. The van der Waals surface area contributed by atoms with Crippen molar-refractivity contribution in [2.75, 3.05) is 12.0 Å². The number of thioether (sulfide) groups is 1. The Kier molecular flexibility index (Phi) is 10.8. The maximum Gasteiger partial charge on any atom is 0.312 e. The Balaban J connectivity index is 0. The van der Waals surface area contributed by atoms with Gasteiger partial charge in [-0.25, -0.2) is 0 Å². The molecule has 124 valence electrons. The third-order valence-corrected chi connectivity index (χ3v) is 2.61. The summed E-state index contributed by atoms with van der Waals surface area (Å²) >= 11 is 6.15. The fourth-order valence-corrected chi connectivity index (χ4v) is 1.08. The van der Waals surface area contributed by atoms with Crippen LogP contribution in [-0.2, 0) is 23.9 Å². The quantitative estimate of drug-likeness (QED) is 0.444. The number of ether oxygens (including phenoxy) is 2. The first kappa shape index (κ1) is 22.5. The Hall–Kier alpha value is -0.750. The second-order valence-electron chi connectivity index (χ2n) is 6.23. The number of carbonyl (C=O) groups is 3. The van der Waals surface area contributed by atoms with Gasteiger partial charge >= 0.3 is 11.9 Å². The molecular formula is C14H25ClO5S. The van der Waals surface area contributed by atoms with E-state index in [1.165, 1.54) is 6.92 Å². The molecule has 0 radical (unpaired) electrons. The average Bonchev–Trinajstić information content (AvgIpc) is 2.27. The van der Waals surface area contributed by atoms with E-state index in [9.17, 15) is 14.4 Å². The Morgan fingerprint density at radius 1 is 0.905 bits per heavy atom. The molecule has 0 N–H and O–H groups in total. The smallest absolute Gasteiger partial charge is 0.312 e. The second kappa shape index (κ2) is 10.1. The number of hydrogen-bond donors (Lipinski definition) is 0. The summed E-state index contributed by atoms with van der Waals surface area (Å²) in [6.07, 6.45) is 0. The molecule has 0 rings (SSSR count). The van der Waals surface area contributed by atoms with Gasteiger partial charge in [-0.1, -0.05) is 11.6 Å². The van der Waals surface area contributed by atoms with Gasteiger partial charge in [0.15, 0.2) is 11.2 Å². The molecule has 0 aliphatic heterocycles. The standard InChI is InChI=1S/C8H14O3S.C6H11ClO2/c1-6(9)12-5-11-7(10)8(2,3)4;1-6(2,3)5(8)9-4-7/h5H2,1-4H3;4H2,1-3H3. The molecule has 0 aliphatic rings. The van der Waals surface area contributed by atoms with Gasteiger partial charge in [-0.05, 0) is 53.3 Å². The van der Waals surface area contributed by atoms with Gasteiger partial charge < -0.3 is 9.47 Å². The van der Waals surface area contributed by atoms with Gasteiger partial charge in [0.2, 0.25) is 0 Å². The summed E-state index contributed by atoms with van der Waals surface area (Å²) in [6.45, 7) is 12.1. The lowest BCUT2D eigenvalue weighted by Crippen LogP contribution is -2.22. The van der Waals surface area contributed by atoms with Crippen LogP contribution in [-0.4, -0.2) is 29.1 Å². The molecule has 0 heterocycles. The van der Waals surface area contributed by atoms with Crippen molar-refractivity contribution in [1.82, 2.24) is 0 Å². The molecule has 7 heteroatoms. The first-order valence-corrected chi connectivity index (χ1v) is 7.88. The molecule has 0 bridgehead atoms. The van der Waals surface area contributed by atoms with Gasteiger partial charge in [0.1, 0.15) is 5.94 Å². The van der Waals surface area contributed by atoms with Crippen molar-refractivity contribution in [3.8, 4) is 0 Å². The summed E-state index contributed by atoms with van der Waals surface area (Å²) in [5.74, 6) is -0.431. The largest absolute Gasteiger partial charge is 0.454 e. The van der Waals surface area contributed by atoms with E-state index in [0.717, 1.165) is 11.8 Å². The van der Waals surface area contributed by atoms with Crippen molar-refractivity contribution < 1.29 is 23.9 Å². The number of halogens is 1. The molecule has 0 atom stereocenters. The summed E-state index contributed by atoms with van der Waals surface area (Å²) in [5, 5.41) is -0.0447. The van der Waals surface area contributed by atoms with Crippen molar-refractivity contribution in [3.05, 3.63) is 0 Å². The van der Waals surface area contributed by atoms with Crippen LogP contribution in [0.3, 0.4) is 0 Å². The highest BCUT2D eigenvalue weighted by molar-refractivity contribution is 8.13. The molecule has 21 heavy (non-hydrogen) atoms. The molecule has 0 aromatic carbocycles. The topological polar surface area (TPSA) is 69.7 Å². The van der Waals surface area contributed by atoms with E-state index in [4.69, 9.17) is 16.3 Å². The lowest BCUT2D eigenvalue weighted by Gasteiger charge is -2.15. The van der Waals surface area contributed by atoms with Crippen LogP contribution < -0.4 is 0 Å². The number of alkyl halides is 1. The molecule has 0 saturated heterocycles. The molecule has 0 aliphatic carbocycles. The van der Waals surface area contributed by atoms with E-state index in [-0.39, 0.29) is 29.1 Å². The van der Waals surface area contributed by atoms with Crippen molar-refractivity contribution in [1.29, 1.82) is 0 Å². The van der Waals surface area contributed by atoms with Crippen LogP contribution in [0.5, 0.6) is 0 Å². The van der Waals surface area contributed by atoms with Crippen LogP contribution >= 0.6 is 23.4 Å². The summed E-state index contributed by atoms with van der Waals surface area (Å²) in [4.78, 5) is 32.3. The van der Waals surface area contributed by atoms with Crippen LogP contribution in [0.1, 0.15) is 48.5 Å². The normalized spacial score (nSPS) is 11.0. The van der Waals surface area contributed by atoms with E-state index < -0.39 is 10.8 Å². The van der Waals surface area contributed by atoms with E-state index in [0.29, 0.717) is 0 Å². The first-order valence-electron chi connectivity index (χ1n) is 6.36. The average molecular weight is 341 g/mol. The van der Waals surface area contributed by atoms with Crippen molar-refractivity contribution >= 4 is 40.4 Å². The zero-order valence-corrected chi connectivity index (χ0v) is 15.3. The third-order valence-electron chi connectivity index (χ3n) is 1.86. The lowest BCUT2D eigenvalue weighted by atomic mass is 9.98. The van der Waals surface area contributed by atoms with Crippen molar-refractivity contribution in [3.63, 3.8) is 0 Å². The number of hydrogen-bond acceptors (Lipinski definition) is 6. The first-order chi connectivity index (χ1) is 9.32. The Morgan fingerprint density at radius 2 is 1.29 bits per heavy atom. The monoisotopic (exact) mass is 340 g/mol. The minimum Gasteiger partial charge on any atom is -0.454 e. The molecule has 0 fully saturated rings. The predicted molar refractivity (Wildman–Crippen MR) is 85.0 cm³/mol. The number of rotatable bonds is 3. The van der Waals surface area contributed by atoms with Gasteiger partial charge in [0.25, 0.3) is 0 Å². The van der Waals surface area contributed by atoms with E-state index >= 15 is 0 Å². The summed E-state index contributed by atoms with van der Waals surface area (Å²) in [5.41, 5.74) is -0.924. The van der Waals surface area contributed by atoms with E-state index in [1.54, 1.807) is 41.5 Å². The molecule has 5 nitrogen and oxygen atoms in total. The predicted octanol–water partition coefficient (Wildman–Crippen LogP) is 3.58. The molecular weight excluding hydrogens is 316 g/mol. The summed E-state index contributed by atoms with van der Waals surface area (Å²) in [7, 11) is 0. The number of esters is 2. The fraction of sp³-hybridized carbons (Fsp3) is 0.786. The Morgan fingerprint density at radius 3 is 1.52 bits per heavy atom. The van der Waals surface area contributed by atoms with E-state index in [1.807, 2.05) is 0 Å². The van der Waals surface area contributed by atoms with Gasteiger partial charge in [-0.15, -0.1) is 0 Å². The van der Waals surface area contributed by atoms with Crippen LogP contribution in [0, 0.1) is 10.8 Å². The minimum absolute atomic E-state index is 0.0447. The highest BCUT2D eigenvalue weighted by Crippen LogP contribution is 2.16. The van der Waals surface area contributed by atoms with Crippen molar-refractivity contribution in [2.24, 2.45) is 10.8 Å². The fourth-order valence-electron chi connectivity index (χ4n) is 0.649. The Labute approximate surface area is 136 Å². The minimum atomic E-state index is -0.489. The highest BCUT2D eigenvalue weighted by atomic mass is 35.5.